The van der Waals surface area contributed by atoms with E-state index in [1.54, 1.807) is 12.4 Å². The molecule has 1 amide bonds. The number of hydrogen-bond donors (Lipinski definition) is 2. The molecule has 2 heterocycles. The van der Waals surface area contributed by atoms with E-state index in [2.05, 4.69) is 31.3 Å². The Hall–Kier alpha value is -1.47. The molecule has 108 valence electrons. The lowest BCUT2D eigenvalue weighted by Crippen LogP contribution is -2.32. The molecule has 7 heteroatoms. The van der Waals surface area contributed by atoms with Gasteiger partial charge in [-0.15, -0.1) is 0 Å². The van der Waals surface area contributed by atoms with Crippen molar-refractivity contribution >= 4 is 27.5 Å². The predicted octanol–water partition coefficient (Wildman–Crippen LogP) is 1.63. The van der Waals surface area contributed by atoms with Gasteiger partial charge < -0.3 is 10.4 Å². The second kappa shape index (κ2) is 6.32. The summed E-state index contributed by atoms with van der Waals surface area (Å²) in [5.74, 6) is 0.107. The lowest BCUT2D eigenvalue weighted by atomic mass is 10.1. The SMILES string of the molecule is CC(C)CC(O)CNC(=O)c1cnn2cc(Br)cnc12. The van der Waals surface area contributed by atoms with Gasteiger partial charge in [-0.25, -0.2) is 9.50 Å². The highest BCUT2D eigenvalue weighted by atomic mass is 79.9. The van der Waals surface area contributed by atoms with Gasteiger partial charge in [0.2, 0.25) is 0 Å². The van der Waals surface area contributed by atoms with Crippen LogP contribution in [0.4, 0.5) is 0 Å². The van der Waals surface area contributed by atoms with Gasteiger partial charge in [0.1, 0.15) is 5.56 Å². The van der Waals surface area contributed by atoms with Crippen molar-refractivity contribution in [2.24, 2.45) is 5.92 Å². The van der Waals surface area contributed by atoms with E-state index in [1.165, 1.54) is 10.7 Å². The largest absolute Gasteiger partial charge is 0.391 e. The number of carbonyl (C=O) groups excluding carboxylic acids is 1. The van der Waals surface area contributed by atoms with Gasteiger partial charge in [0.05, 0.1) is 16.8 Å². The minimum Gasteiger partial charge on any atom is -0.391 e. The monoisotopic (exact) mass is 340 g/mol. The number of aromatic nitrogens is 3. The van der Waals surface area contributed by atoms with Crippen LogP contribution in [-0.2, 0) is 0 Å². The van der Waals surface area contributed by atoms with Crippen LogP contribution in [0.25, 0.3) is 5.65 Å². The summed E-state index contributed by atoms with van der Waals surface area (Å²) in [6.45, 7) is 4.28. The quantitative estimate of drug-likeness (QED) is 0.866. The van der Waals surface area contributed by atoms with Crippen LogP contribution in [0.5, 0.6) is 0 Å². The Kier molecular flexibility index (Phi) is 4.72. The number of nitrogens with zero attached hydrogens (tertiary/aromatic N) is 3. The second-order valence-electron chi connectivity index (χ2n) is 5.09. The molecule has 1 atom stereocenters. The molecule has 2 aromatic rings. The molecule has 2 N–H and O–H groups in total. The first kappa shape index (κ1) is 14.9. The third-order valence-electron chi connectivity index (χ3n) is 2.81. The standard InChI is InChI=1S/C13H17BrN4O2/c1-8(2)3-10(19)5-16-13(20)11-6-17-18-7-9(14)4-15-12(11)18/h4,6-8,10,19H,3,5H2,1-2H3,(H,16,20). The Balaban J connectivity index is 2.04. The van der Waals surface area contributed by atoms with Crippen molar-refractivity contribution in [3.63, 3.8) is 0 Å². The van der Waals surface area contributed by atoms with Gasteiger partial charge in [0.25, 0.3) is 5.91 Å². The third kappa shape index (κ3) is 3.55. The number of rotatable bonds is 5. The topological polar surface area (TPSA) is 79.5 Å². The summed E-state index contributed by atoms with van der Waals surface area (Å²) in [6, 6.07) is 0. The van der Waals surface area contributed by atoms with Gasteiger partial charge in [-0.3, -0.25) is 4.79 Å². The van der Waals surface area contributed by atoms with E-state index in [-0.39, 0.29) is 12.5 Å². The molecule has 0 bridgehead atoms. The number of aliphatic hydroxyl groups is 1. The Morgan fingerprint density at radius 2 is 2.25 bits per heavy atom. The van der Waals surface area contributed by atoms with Crippen molar-refractivity contribution in [3.05, 3.63) is 28.6 Å². The van der Waals surface area contributed by atoms with Crippen LogP contribution in [0.2, 0.25) is 0 Å². The molecule has 0 aliphatic rings. The maximum Gasteiger partial charge on any atom is 0.256 e. The average Bonchev–Trinajstić information content (AvgIpc) is 2.78. The highest BCUT2D eigenvalue weighted by molar-refractivity contribution is 9.10. The molecular formula is C13H17BrN4O2. The van der Waals surface area contributed by atoms with Crippen LogP contribution < -0.4 is 5.32 Å². The number of carbonyl (C=O) groups is 1. The van der Waals surface area contributed by atoms with Crippen LogP contribution in [0, 0.1) is 5.92 Å². The molecule has 2 aromatic heterocycles. The molecule has 0 saturated heterocycles. The van der Waals surface area contributed by atoms with Crippen molar-refractivity contribution in [1.29, 1.82) is 0 Å². The molecule has 20 heavy (non-hydrogen) atoms. The first-order chi connectivity index (χ1) is 9.47. The van der Waals surface area contributed by atoms with Gasteiger partial charge in [-0.05, 0) is 28.3 Å². The fraction of sp³-hybridized carbons (Fsp3) is 0.462. The summed E-state index contributed by atoms with van der Waals surface area (Å²) in [4.78, 5) is 16.2. The lowest BCUT2D eigenvalue weighted by molar-refractivity contribution is 0.0901. The van der Waals surface area contributed by atoms with E-state index in [0.29, 0.717) is 23.5 Å². The van der Waals surface area contributed by atoms with E-state index >= 15 is 0 Å². The summed E-state index contributed by atoms with van der Waals surface area (Å²) in [5, 5.41) is 16.5. The summed E-state index contributed by atoms with van der Waals surface area (Å²) in [6.07, 6.45) is 4.93. The summed E-state index contributed by atoms with van der Waals surface area (Å²) < 4.78 is 2.32. The Morgan fingerprint density at radius 3 is 2.95 bits per heavy atom. The number of nitrogens with one attached hydrogen (secondary N) is 1. The normalized spacial score (nSPS) is 12.8. The van der Waals surface area contributed by atoms with Crippen LogP contribution in [0.15, 0.2) is 23.1 Å². The molecule has 0 spiro atoms. The van der Waals surface area contributed by atoms with Crippen LogP contribution >= 0.6 is 15.9 Å². The smallest absolute Gasteiger partial charge is 0.256 e. The van der Waals surface area contributed by atoms with E-state index in [4.69, 9.17) is 0 Å². The number of fused-ring (bicyclic) bond motifs is 1. The second-order valence-corrected chi connectivity index (χ2v) is 6.01. The summed E-state index contributed by atoms with van der Waals surface area (Å²) >= 11 is 3.29. The summed E-state index contributed by atoms with van der Waals surface area (Å²) in [7, 11) is 0. The molecule has 2 rings (SSSR count). The van der Waals surface area contributed by atoms with E-state index < -0.39 is 6.10 Å². The Labute approximate surface area is 125 Å². The van der Waals surface area contributed by atoms with Crippen molar-refractivity contribution in [2.45, 2.75) is 26.4 Å². The number of hydrogen-bond acceptors (Lipinski definition) is 4. The highest BCUT2D eigenvalue weighted by Crippen LogP contribution is 2.12. The molecule has 1 unspecified atom stereocenters. The Bertz CT molecular complexity index is 611. The van der Waals surface area contributed by atoms with Crippen molar-refractivity contribution in [2.75, 3.05) is 6.54 Å². The first-order valence-electron chi connectivity index (χ1n) is 6.42. The van der Waals surface area contributed by atoms with Crippen LogP contribution in [0.1, 0.15) is 30.6 Å². The van der Waals surface area contributed by atoms with E-state index in [9.17, 15) is 9.90 Å². The maximum absolute atomic E-state index is 12.1. The number of halogens is 1. The lowest BCUT2D eigenvalue weighted by Gasteiger charge is -2.13. The van der Waals surface area contributed by atoms with Crippen molar-refractivity contribution < 1.29 is 9.90 Å². The highest BCUT2D eigenvalue weighted by Gasteiger charge is 2.15. The number of aliphatic hydroxyl groups excluding tert-OH is 1. The zero-order valence-electron chi connectivity index (χ0n) is 11.4. The minimum atomic E-state index is -0.539. The molecule has 0 radical (unpaired) electrons. The molecule has 0 saturated carbocycles. The molecular weight excluding hydrogens is 324 g/mol. The van der Waals surface area contributed by atoms with Crippen LogP contribution in [0.3, 0.4) is 0 Å². The third-order valence-corrected chi connectivity index (χ3v) is 3.22. The molecule has 0 aliphatic heterocycles. The van der Waals surface area contributed by atoms with Gasteiger partial charge in [-0.1, -0.05) is 13.8 Å². The number of amides is 1. The maximum atomic E-state index is 12.1. The van der Waals surface area contributed by atoms with Gasteiger partial charge in [0.15, 0.2) is 5.65 Å². The zero-order chi connectivity index (χ0) is 14.7. The predicted molar refractivity (Wildman–Crippen MR) is 78.5 cm³/mol. The molecule has 6 nitrogen and oxygen atoms in total. The van der Waals surface area contributed by atoms with Crippen molar-refractivity contribution in [1.82, 2.24) is 19.9 Å². The van der Waals surface area contributed by atoms with Gasteiger partial charge in [0, 0.05) is 18.9 Å². The van der Waals surface area contributed by atoms with Crippen molar-refractivity contribution in [3.8, 4) is 0 Å². The minimum absolute atomic E-state index is 0.227. The fourth-order valence-corrected chi connectivity index (χ4v) is 2.24. The van der Waals surface area contributed by atoms with E-state index in [1.807, 2.05) is 13.8 Å². The average molecular weight is 341 g/mol. The van der Waals surface area contributed by atoms with Gasteiger partial charge in [-0.2, -0.15) is 5.10 Å². The zero-order valence-corrected chi connectivity index (χ0v) is 13.0. The van der Waals surface area contributed by atoms with Gasteiger partial charge >= 0.3 is 0 Å². The molecule has 0 fully saturated rings. The first-order valence-corrected chi connectivity index (χ1v) is 7.22. The molecule has 0 aliphatic carbocycles. The van der Waals surface area contributed by atoms with E-state index in [0.717, 1.165) is 4.47 Å². The van der Waals surface area contributed by atoms with Crippen LogP contribution in [-0.4, -0.2) is 38.3 Å². The Morgan fingerprint density at radius 1 is 1.50 bits per heavy atom. The summed E-state index contributed by atoms with van der Waals surface area (Å²) in [5.41, 5.74) is 0.887. The fourth-order valence-electron chi connectivity index (χ4n) is 1.95. The molecule has 0 aromatic carbocycles.